The second kappa shape index (κ2) is 22.1. The number of benzene rings is 2. The topological polar surface area (TPSA) is 108 Å². The predicted molar refractivity (Wildman–Crippen MR) is 208 cm³/mol. The Morgan fingerprint density at radius 2 is 1.65 bits per heavy atom. The van der Waals surface area contributed by atoms with Crippen LogP contribution in [0.25, 0.3) is 11.1 Å². The third-order valence-corrected chi connectivity index (χ3v) is 9.97. The highest BCUT2D eigenvalue weighted by Gasteiger charge is 2.27. The van der Waals surface area contributed by atoms with E-state index >= 15 is 0 Å². The van der Waals surface area contributed by atoms with Gasteiger partial charge in [0.25, 0.3) is 5.91 Å². The number of aliphatic hydroxyl groups excluding tert-OH is 1. The van der Waals surface area contributed by atoms with Crippen LogP contribution in [0.2, 0.25) is 0 Å². The summed E-state index contributed by atoms with van der Waals surface area (Å²) in [6, 6.07) is 20.4. The number of carbonyl (C=O) groups excluding carboxylic acids is 2. The first-order valence-electron chi connectivity index (χ1n) is 18.4. The van der Waals surface area contributed by atoms with E-state index in [0.717, 1.165) is 107 Å². The minimum atomic E-state index is -0.390. The quantitative estimate of drug-likeness (QED) is 0.218. The van der Waals surface area contributed by atoms with Crippen molar-refractivity contribution in [2.75, 3.05) is 39.8 Å². The summed E-state index contributed by atoms with van der Waals surface area (Å²) in [5.41, 5.74) is 4.51. The molecule has 0 bridgehead atoms. The Bertz CT molecular complexity index is 1460. The Morgan fingerprint density at radius 1 is 0.941 bits per heavy atom. The highest BCUT2D eigenvalue weighted by atomic mass is 35.5. The number of aliphatic hydroxyl groups is 1. The van der Waals surface area contributed by atoms with Crippen LogP contribution in [-0.2, 0) is 17.8 Å². The van der Waals surface area contributed by atoms with Crippen molar-refractivity contribution in [1.29, 1.82) is 0 Å². The van der Waals surface area contributed by atoms with Crippen LogP contribution in [0.3, 0.4) is 0 Å². The number of likely N-dealkylation sites (tertiary alicyclic amines) is 2. The fourth-order valence-electron chi connectivity index (χ4n) is 6.91. The van der Waals surface area contributed by atoms with E-state index in [9.17, 15) is 14.7 Å². The molecule has 1 aliphatic carbocycles. The summed E-state index contributed by atoms with van der Waals surface area (Å²) >= 11 is 0. The molecule has 9 nitrogen and oxygen atoms in total. The van der Waals surface area contributed by atoms with Crippen molar-refractivity contribution in [1.82, 2.24) is 25.3 Å². The van der Waals surface area contributed by atoms with Crippen molar-refractivity contribution < 1.29 is 19.4 Å². The monoisotopic (exact) mass is 741 g/mol. The Labute approximate surface area is 316 Å². The van der Waals surface area contributed by atoms with Gasteiger partial charge in [-0.05, 0) is 81.3 Å². The number of halogens is 2. The molecule has 2 unspecified atom stereocenters. The third kappa shape index (κ3) is 13.4. The normalized spacial score (nSPS) is 19.9. The van der Waals surface area contributed by atoms with Crippen LogP contribution in [0.5, 0.6) is 5.75 Å². The number of aromatic nitrogens is 2. The molecule has 3 heterocycles. The summed E-state index contributed by atoms with van der Waals surface area (Å²) in [4.78, 5) is 28.5. The number of nitrogens with zero attached hydrogens (tertiary/aromatic N) is 4. The lowest BCUT2D eigenvalue weighted by atomic mass is 9.95. The van der Waals surface area contributed by atoms with Gasteiger partial charge in [-0.25, -0.2) is 0 Å². The number of hydrogen-bond acceptors (Lipinski definition) is 8. The Balaban J connectivity index is 0.000000368. The third-order valence-electron chi connectivity index (χ3n) is 9.97. The van der Waals surface area contributed by atoms with E-state index in [-0.39, 0.29) is 42.7 Å². The smallest absolute Gasteiger partial charge is 0.271 e. The number of ether oxygens (including phenoxy) is 1. The molecule has 1 saturated carbocycles. The van der Waals surface area contributed by atoms with Gasteiger partial charge in [0.1, 0.15) is 11.5 Å². The maximum Gasteiger partial charge on any atom is 0.271 e. The fourth-order valence-corrected chi connectivity index (χ4v) is 6.91. The molecule has 1 aromatic heterocycles. The molecule has 3 fully saturated rings. The number of ketones is 1. The molecule has 2 aromatic carbocycles. The number of aryl methyl sites for hydroxylation is 1. The number of carbonyl (C=O) groups is 2. The largest absolute Gasteiger partial charge is 0.490 e. The molecule has 2 saturated heterocycles. The molecule has 1 amide bonds. The zero-order chi connectivity index (χ0) is 34.4. The van der Waals surface area contributed by atoms with E-state index in [1.54, 1.807) is 0 Å². The molecule has 0 radical (unpaired) electrons. The SMILES string of the molecule is CCCCc1nnc(C(=O)NCC2CN(C)CCC2O)cc1-c1ccc(OC2CCCCC2)cc1.Cl.Cl.O=C1CCN(Cc2ccccc2)CC1. The van der Waals surface area contributed by atoms with Crippen LogP contribution in [0.15, 0.2) is 60.7 Å². The van der Waals surface area contributed by atoms with Gasteiger partial charge < -0.3 is 20.1 Å². The average molecular weight is 743 g/mol. The lowest BCUT2D eigenvalue weighted by Crippen LogP contribution is -2.46. The van der Waals surface area contributed by atoms with E-state index in [1.807, 2.05) is 31.3 Å². The minimum absolute atomic E-state index is 0. The molecule has 51 heavy (non-hydrogen) atoms. The second-order valence-corrected chi connectivity index (χ2v) is 14.0. The molecular weight excluding hydrogens is 685 g/mol. The molecule has 280 valence electrons. The van der Waals surface area contributed by atoms with Gasteiger partial charge >= 0.3 is 0 Å². The van der Waals surface area contributed by atoms with Crippen molar-refractivity contribution in [2.24, 2.45) is 5.92 Å². The summed E-state index contributed by atoms with van der Waals surface area (Å²) in [7, 11) is 2.04. The highest BCUT2D eigenvalue weighted by Crippen LogP contribution is 2.29. The van der Waals surface area contributed by atoms with Gasteiger partial charge in [-0.15, -0.1) is 29.9 Å². The van der Waals surface area contributed by atoms with Crippen LogP contribution in [0, 0.1) is 5.92 Å². The highest BCUT2D eigenvalue weighted by molar-refractivity contribution is 5.93. The Morgan fingerprint density at radius 3 is 2.33 bits per heavy atom. The Kier molecular flexibility index (Phi) is 18.3. The summed E-state index contributed by atoms with van der Waals surface area (Å²) in [6.45, 7) is 7.05. The zero-order valence-corrected chi connectivity index (χ0v) is 31.9. The van der Waals surface area contributed by atoms with E-state index in [1.165, 1.54) is 24.8 Å². The number of unbranched alkanes of at least 4 members (excludes halogenated alkanes) is 1. The zero-order valence-electron chi connectivity index (χ0n) is 30.3. The number of rotatable bonds is 11. The molecule has 3 aromatic rings. The predicted octanol–water partition coefficient (Wildman–Crippen LogP) is 6.94. The summed E-state index contributed by atoms with van der Waals surface area (Å²) in [6.07, 6.45) is 11.1. The molecular formula is C40H57Cl2N5O4. The van der Waals surface area contributed by atoms with Gasteiger partial charge in [0.15, 0.2) is 5.69 Å². The van der Waals surface area contributed by atoms with E-state index in [2.05, 4.69) is 68.6 Å². The molecule has 6 rings (SSSR count). The van der Waals surface area contributed by atoms with E-state index in [0.29, 0.717) is 24.1 Å². The number of Topliss-reactive ketones (excluding diaryl/α,β-unsaturated/α-hetero) is 1. The molecule has 2 N–H and O–H groups in total. The molecule has 2 atom stereocenters. The van der Waals surface area contributed by atoms with Gasteiger partial charge in [-0.2, -0.15) is 5.10 Å². The first-order valence-corrected chi connectivity index (χ1v) is 18.4. The van der Waals surface area contributed by atoms with Crippen molar-refractivity contribution in [2.45, 2.75) is 96.3 Å². The standard InChI is InChI=1S/C28H40N4O3.C12H15NO.2ClH/c1-3-4-10-25-24(20-11-13-23(14-12-20)35-22-8-6-5-7-9-22)17-26(31-30-25)28(34)29-18-21-19-32(2)16-15-27(21)33;14-12-6-8-13(9-7-12)10-11-4-2-1-3-5-11;;/h11-14,17,21-22,27,33H,3-10,15-16,18-19H2,1-2H3,(H,29,34);1-5H,6-10H2;2*1H. The Hall–Kier alpha value is -3.08. The lowest BCUT2D eigenvalue weighted by molar-refractivity contribution is -0.121. The van der Waals surface area contributed by atoms with Gasteiger partial charge in [0.2, 0.25) is 0 Å². The number of piperidine rings is 2. The molecule has 2 aliphatic heterocycles. The van der Waals surface area contributed by atoms with Crippen molar-refractivity contribution in [3.8, 4) is 16.9 Å². The maximum atomic E-state index is 12.9. The van der Waals surface area contributed by atoms with Crippen molar-refractivity contribution in [3.63, 3.8) is 0 Å². The second-order valence-electron chi connectivity index (χ2n) is 14.0. The molecule has 3 aliphatic rings. The summed E-state index contributed by atoms with van der Waals surface area (Å²) in [5.74, 6) is 1.07. The summed E-state index contributed by atoms with van der Waals surface area (Å²) in [5, 5.41) is 22.0. The summed E-state index contributed by atoms with van der Waals surface area (Å²) < 4.78 is 6.19. The molecule has 0 spiro atoms. The average Bonchev–Trinajstić information content (AvgIpc) is 3.13. The number of amides is 1. The van der Waals surface area contributed by atoms with E-state index in [4.69, 9.17) is 4.74 Å². The first kappa shape index (κ1) is 42.3. The van der Waals surface area contributed by atoms with Crippen molar-refractivity contribution in [3.05, 3.63) is 77.6 Å². The minimum Gasteiger partial charge on any atom is -0.490 e. The van der Waals surface area contributed by atoms with E-state index < -0.39 is 0 Å². The van der Waals surface area contributed by atoms with Gasteiger partial charge in [0.05, 0.1) is 17.9 Å². The fraction of sp³-hybridized carbons (Fsp3) is 0.550. The van der Waals surface area contributed by atoms with Crippen LogP contribution in [0.4, 0.5) is 0 Å². The van der Waals surface area contributed by atoms with Gasteiger partial charge in [-0.1, -0.05) is 62.2 Å². The lowest BCUT2D eigenvalue weighted by Gasteiger charge is -2.33. The maximum absolute atomic E-state index is 12.9. The first-order chi connectivity index (χ1) is 23.9. The van der Waals surface area contributed by atoms with Crippen LogP contribution in [0.1, 0.15) is 92.9 Å². The number of nitrogens with one attached hydrogen (secondary N) is 1. The van der Waals surface area contributed by atoms with Crippen molar-refractivity contribution >= 4 is 36.5 Å². The van der Waals surface area contributed by atoms with Crippen LogP contribution >= 0.6 is 24.8 Å². The van der Waals surface area contributed by atoms with Crippen LogP contribution in [-0.4, -0.2) is 88.8 Å². The van der Waals surface area contributed by atoms with Gasteiger partial charge in [0, 0.05) is 63.6 Å². The van der Waals surface area contributed by atoms with Gasteiger partial charge in [-0.3, -0.25) is 14.5 Å². The number of hydrogen-bond donors (Lipinski definition) is 2. The molecule has 11 heteroatoms. The van der Waals surface area contributed by atoms with Crippen LogP contribution < -0.4 is 10.1 Å².